The molecule has 1 aromatic carbocycles. The molecule has 2 unspecified atom stereocenters. The van der Waals surface area contributed by atoms with Crippen molar-refractivity contribution in [3.63, 3.8) is 0 Å². The van der Waals surface area contributed by atoms with E-state index in [1.54, 1.807) is 12.4 Å². The summed E-state index contributed by atoms with van der Waals surface area (Å²) in [6.07, 6.45) is 4.18. The van der Waals surface area contributed by atoms with Crippen LogP contribution in [0.4, 0.5) is 5.82 Å². The number of hydrogen-bond acceptors (Lipinski definition) is 5. The molecule has 20 heavy (non-hydrogen) atoms. The Morgan fingerprint density at radius 2 is 2.20 bits per heavy atom. The molecule has 3 rings (SSSR count). The second kappa shape index (κ2) is 5.46. The zero-order chi connectivity index (χ0) is 13.9. The van der Waals surface area contributed by atoms with Gasteiger partial charge >= 0.3 is 0 Å². The van der Waals surface area contributed by atoms with E-state index in [0.717, 1.165) is 6.42 Å². The number of benzene rings is 1. The molecular formula is C15H18N4O. The summed E-state index contributed by atoms with van der Waals surface area (Å²) in [5, 5.41) is 3.37. The Kier molecular flexibility index (Phi) is 3.52. The fraction of sp³-hybridized carbons (Fsp3) is 0.333. The number of aromatic nitrogens is 2. The summed E-state index contributed by atoms with van der Waals surface area (Å²) in [5.74, 6) is 1.21. The van der Waals surface area contributed by atoms with E-state index in [4.69, 9.17) is 10.5 Å². The average Bonchev–Trinajstić information content (AvgIpc) is 2.76. The third-order valence-corrected chi connectivity index (χ3v) is 3.48. The molecule has 0 radical (unpaired) electrons. The van der Waals surface area contributed by atoms with Crippen molar-refractivity contribution in [1.82, 2.24) is 9.97 Å². The SMILES string of the molecule is CCOc1cncc(NC2c3ccccc3CC2N)n1. The molecule has 2 aromatic rings. The quantitative estimate of drug-likeness (QED) is 0.888. The minimum atomic E-state index is 0.0462. The fourth-order valence-corrected chi connectivity index (χ4v) is 2.61. The van der Waals surface area contributed by atoms with Crippen LogP contribution in [0.15, 0.2) is 36.7 Å². The van der Waals surface area contributed by atoms with Gasteiger partial charge < -0.3 is 15.8 Å². The first kappa shape index (κ1) is 12.9. The summed E-state index contributed by atoms with van der Waals surface area (Å²) >= 11 is 0. The molecule has 0 bridgehead atoms. The molecule has 0 saturated carbocycles. The maximum Gasteiger partial charge on any atom is 0.234 e. The molecule has 104 valence electrons. The predicted octanol–water partition coefficient (Wildman–Crippen LogP) is 1.91. The summed E-state index contributed by atoms with van der Waals surface area (Å²) in [4.78, 5) is 8.52. The highest BCUT2D eigenvalue weighted by Gasteiger charge is 2.29. The second-order valence-electron chi connectivity index (χ2n) is 4.86. The lowest BCUT2D eigenvalue weighted by molar-refractivity contribution is 0.325. The van der Waals surface area contributed by atoms with Crippen LogP contribution in [0.25, 0.3) is 0 Å². The van der Waals surface area contributed by atoms with Crippen LogP contribution in [-0.4, -0.2) is 22.6 Å². The van der Waals surface area contributed by atoms with Crippen molar-refractivity contribution in [3.8, 4) is 5.88 Å². The lowest BCUT2D eigenvalue weighted by Gasteiger charge is -2.19. The van der Waals surface area contributed by atoms with Gasteiger partial charge in [-0.3, -0.25) is 4.98 Å². The van der Waals surface area contributed by atoms with E-state index in [2.05, 4.69) is 27.4 Å². The van der Waals surface area contributed by atoms with Gasteiger partial charge in [0.25, 0.3) is 0 Å². The zero-order valence-corrected chi connectivity index (χ0v) is 11.4. The van der Waals surface area contributed by atoms with Crippen LogP contribution in [0.1, 0.15) is 24.1 Å². The molecule has 1 heterocycles. The Morgan fingerprint density at radius 3 is 3.05 bits per heavy atom. The molecule has 1 aliphatic carbocycles. The van der Waals surface area contributed by atoms with Crippen LogP contribution < -0.4 is 15.8 Å². The summed E-state index contributed by atoms with van der Waals surface area (Å²) in [6, 6.07) is 8.43. The Morgan fingerprint density at radius 1 is 1.35 bits per heavy atom. The average molecular weight is 270 g/mol. The van der Waals surface area contributed by atoms with Gasteiger partial charge in [0.05, 0.1) is 25.0 Å². The first-order valence-electron chi connectivity index (χ1n) is 6.82. The normalized spacial score (nSPS) is 20.5. The van der Waals surface area contributed by atoms with E-state index in [1.807, 2.05) is 19.1 Å². The molecule has 5 nitrogen and oxygen atoms in total. The molecule has 0 spiro atoms. The minimum absolute atomic E-state index is 0.0462. The van der Waals surface area contributed by atoms with Crippen LogP contribution in [0.3, 0.4) is 0 Å². The lowest BCUT2D eigenvalue weighted by Crippen LogP contribution is -2.30. The van der Waals surface area contributed by atoms with Crippen molar-refractivity contribution in [2.45, 2.75) is 25.4 Å². The standard InChI is InChI=1S/C15H18N4O/c1-2-20-14-9-17-8-13(18-14)19-15-11-6-4-3-5-10(11)7-12(15)16/h3-6,8-9,12,15H,2,7,16H2,1H3,(H,18,19). The summed E-state index contributed by atoms with van der Waals surface area (Å²) in [6.45, 7) is 2.49. The number of hydrogen-bond donors (Lipinski definition) is 2. The van der Waals surface area contributed by atoms with Gasteiger partial charge in [0.2, 0.25) is 5.88 Å². The summed E-state index contributed by atoms with van der Waals surface area (Å²) in [5.41, 5.74) is 8.77. The lowest BCUT2D eigenvalue weighted by atomic mass is 10.1. The molecule has 0 aliphatic heterocycles. The van der Waals surface area contributed by atoms with E-state index in [1.165, 1.54) is 11.1 Å². The third kappa shape index (κ3) is 2.44. The van der Waals surface area contributed by atoms with Gasteiger partial charge in [-0.15, -0.1) is 0 Å². The van der Waals surface area contributed by atoms with E-state index >= 15 is 0 Å². The Balaban J connectivity index is 1.82. The van der Waals surface area contributed by atoms with Gasteiger partial charge in [-0.25, -0.2) is 0 Å². The van der Waals surface area contributed by atoms with Crippen molar-refractivity contribution in [2.75, 3.05) is 11.9 Å². The van der Waals surface area contributed by atoms with E-state index in [9.17, 15) is 0 Å². The van der Waals surface area contributed by atoms with Gasteiger partial charge in [-0.1, -0.05) is 24.3 Å². The Hall–Kier alpha value is -2.14. The second-order valence-corrected chi connectivity index (χ2v) is 4.86. The molecule has 0 saturated heterocycles. The topological polar surface area (TPSA) is 73.1 Å². The molecule has 1 aromatic heterocycles. The van der Waals surface area contributed by atoms with Crippen molar-refractivity contribution in [2.24, 2.45) is 5.73 Å². The molecule has 1 aliphatic rings. The highest BCUT2D eigenvalue weighted by molar-refractivity contribution is 5.45. The number of nitrogens with one attached hydrogen (secondary N) is 1. The molecule has 5 heteroatoms. The highest BCUT2D eigenvalue weighted by Crippen LogP contribution is 2.32. The Bertz CT molecular complexity index is 602. The molecular weight excluding hydrogens is 252 g/mol. The van der Waals surface area contributed by atoms with E-state index in [0.29, 0.717) is 18.3 Å². The smallest absolute Gasteiger partial charge is 0.234 e. The van der Waals surface area contributed by atoms with Crippen LogP contribution in [0.2, 0.25) is 0 Å². The monoisotopic (exact) mass is 270 g/mol. The number of anilines is 1. The van der Waals surface area contributed by atoms with Gasteiger partial charge in [0.1, 0.15) is 5.82 Å². The number of ether oxygens (including phenoxy) is 1. The van der Waals surface area contributed by atoms with Gasteiger partial charge in [-0.2, -0.15) is 4.98 Å². The largest absolute Gasteiger partial charge is 0.477 e. The van der Waals surface area contributed by atoms with Crippen LogP contribution >= 0.6 is 0 Å². The van der Waals surface area contributed by atoms with E-state index in [-0.39, 0.29) is 12.1 Å². The number of rotatable bonds is 4. The van der Waals surface area contributed by atoms with Gasteiger partial charge in [0, 0.05) is 6.04 Å². The van der Waals surface area contributed by atoms with Crippen molar-refractivity contribution in [1.29, 1.82) is 0 Å². The molecule has 3 N–H and O–H groups in total. The van der Waals surface area contributed by atoms with Crippen LogP contribution in [0.5, 0.6) is 5.88 Å². The highest BCUT2D eigenvalue weighted by atomic mass is 16.5. The summed E-state index contributed by atoms with van der Waals surface area (Å²) in [7, 11) is 0. The number of fused-ring (bicyclic) bond motifs is 1. The van der Waals surface area contributed by atoms with Crippen molar-refractivity contribution < 1.29 is 4.74 Å². The first-order valence-corrected chi connectivity index (χ1v) is 6.82. The summed E-state index contributed by atoms with van der Waals surface area (Å²) < 4.78 is 5.36. The van der Waals surface area contributed by atoms with Crippen LogP contribution in [-0.2, 0) is 6.42 Å². The zero-order valence-electron chi connectivity index (χ0n) is 11.4. The van der Waals surface area contributed by atoms with Gasteiger partial charge in [0.15, 0.2) is 0 Å². The maximum absolute atomic E-state index is 6.23. The number of nitrogens with two attached hydrogens (primary N) is 1. The van der Waals surface area contributed by atoms with Gasteiger partial charge in [-0.05, 0) is 24.5 Å². The fourth-order valence-electron chi connectivity index (χ4n) is 2.61. The number of nitrogens with zero attached hydrogens (tertiary/aromatic N) is 2. The van der Waals surface area contributed by atoms with Crippen molar-refractivity contribution in [3.05, 3.63) is 47.8 Å². The van der Waals surface area contributed by atoms with Crippen LogP contribution in [0, 0.1) is 0 Å². The maximum atomic E-state index is 6.23. The predicted molar refractivity (Wildman–Crippen MR) is 77.7 cm³/mol. The van der Waals surface area contributed by atoms with Crippen molar-refractivity contribution >= 4 is 5.82 Å². The molecule has 0 amide bonds. The minimum Gasteiger partial charge on any atom is -0.477 e. The van der Waals surface area contributed by atoms with E-state index < -0.39 is 0 Å². The third-order valence-electron chi connectivity index (χ3n) is 3.48. The molecule has 0 fully saturated rings. The molecule has 2 atom stereocenters. The Labute approximate surface area is 118 Å². The first-order chi connectivity index (χ1) is 9.78.